The van der Waals surface area contributed by atoms with E-state index >= 15 is 0 Å². The fraction of sp³-hybridized carbons (Fsp3) is 0.750. The van der Waals surface area contributed by atoms with Gasteiger partial charge in [-0.25, -0.2) is 0 Å². The Kier molecular flexibility index (Phi) is 5.19. The SMILES string of the molecule is CC(NC(=O)C(F)(F)C(F)(F)F)(C(=O)CBr)C(F)(F)F. The zero-order valence-corrected chi connectivity index (χ0v) is 11.0. The zero-order valence-electron chi connectivity index (χ0n) is 9.43. The van der Waals surface area contributed by atoms with Gasteiger partial charge < -0.3 is 5.32 Å². The number of hydrogen-bond donors (Lipinski definition) is 1. The van der Waals surface area contributed by atoms with E-state index in [9.17, 15) is 44.7 Å². The van der Waals surface area contributed by atoms with Gasteiger partial charge in [0.2, 0.25) is 0 Å². The lowest BCUT2D eigenvalue weighted by atomic mass is 9.96. The molecule has 1 atom stereocenters. The lowest BCUT2D eigenvalue weighted by Gasteiger charge is -2.32. The summed E-state index contributed by atoms with van der Waals surface area (Å²) < 4.78 is 98.5. The van der Waals surface area contributed by atoms with Crippen LogP contribution in [0.25, 0.3) is 0 Å². The van der Waals surface area contributed by atoms with Gasteiger partial charge in [0.1, 0.15) is 0 Å². The van der Waals surface area contributed by atoms with Crippen LogP contribution in [0.1, 0.15) is 6.92 Å². The van der Waals surface area contributed by atoms with Crippen molar-refractivity contribution in [2.45, 2.75) is 30.7 Å². The van der Waals surface area contributed by atoms with Crippen molar-refractivity contribution in [3.8, 4) is 0 Å². The van der Waals surface area contributed by atoms with Crippen LogP contribution in [0.4, 0.5) is 35.1 Å². The minimum atomic E-state index is -6.39. The van der Waals surface area contributed by atoms with Gasteiger partial charge in [-0.15, -0.1) is 0 Å². The van der Waals surface area contributed by atoms with Crippen LogP contribution in [0.3, 0.4) is 0 Å². The van der Waals surface area contributed by atoms with Gasteiger partial charge in [0, 0.05) is 0 Å². The Labute approximate surface area is 114 Å². The molecule has 0 bridgehead atoms. The number of alkyl halides is 9. The normalized spacial score (nSPS) is 16.5. The summed E-state index contributed by atoms with van der Waals surface area (Å²) in [6.07, 6.45) is -11.9. The zero-order chi connectivity index (χ0) is 16.6. The van der Waals surface area contributed by atoms with Crippen LogP contribution < -0.4 is 5.32 Å². The molecule has 20 heavy (non-hydrogen) atoms. The lowest BCUT2D eigenvalue weighted by Crippen LogP contribution is -2.66. The lowest BCUT2D eigenvalue weighted by molar-refractivity contribution is -0.272. The highest BCUT2D eigenvalue weighted by atomic mass is 79.9. The summed E-state index contributed by atoms with van der Waals surface area (Å²) in [5, 5.41) is -0.596. The summed E-state index contributed by atoms with van der Waals surface area (Å²) in [4.78, 5) is 21.8. The molecular formula is C8H6BrF8NO2. The van der Waals surface area contributed by atoms with Crippen molar-refractivity contribution in [3.63, 3.8) is 0 Å². The molecule has 3 nitrogen and oxygen atoms in total. The van der Waals surface area contributed by atoms with Crippen molar-refractivity contribution in [1.82, 2.24) is 5.32 Å². The second-order valence-electron chi connectivity index (χ2n) is 3.71. The number of rotatable bonds is 4. The molecule has 0 aliphatic heterocycles. The second-order valence-corrected chi connectivity index (χ2v) is 4.27. The number of carbonyl (C=O) groups is 2. The maximum Gasteiger partial charge on any atom is 0.463 e. The highest BCUT2D eigenvalue weighted by Gasteiger charge is 2.67. The van der Waals surface area contributed by atoms with Crippen molar-refractivity contribution in [2.75, 3.05) is 5.33 Å². The largest absolute Gasteiger partial charge is 0.463 e. The minimum absolute atomic E-state index is 0.0129. The Morgan fingerprint density at radius 2 is 1.35 bits per heavy atom. The summed E-state index contributed by atoms with van der Waals surface area (Å²) in [5.41, 5.74) is -3.87. The first kappa shape index (κ1) is 19.1. The molecule has 118 valence electrons. The van der Waals surface area contributed by atoms with Gasteiger partial charge in [-0.1, -0.05) is 15.9 Å². The van der Waals surface area contributed by atoms with Crippen molar-refractivity contribution in [3.05, 3.63) is 0 Å². The monoisotopic (exact) mass is 379 g/mol. The van der Waals surface area contributed by atoms with Crippen LogP contribution in [0.2, 0.25) is 0 Å². The molecule has 0 fully saturated rings. The third-order valence-electron chi connectivity index (χ3n) is 2.25. The Hall–Kier alpha value is -0.940. The smallest absolute Gasteiger partial charge is 0.331 e. The van der Waals surface area contributed by atoms with E-state index in [1.54, 1.807) is 0 Å². The number of nitrogens with one attached hydrogen (secondary N) is 1. The van der Waals surface area contributed by atoms with Crippen LogP contribution in [0.15, 0.2) is 0 Å². The average Bonchev–Trinajstić information content (AvgIpc) is 2.24. The van der Waals surface area contributed by atoms with Crippen molar-refractivity contribution < 1.29 is 44.7 Å². The van der Waals surface area contributed by atoms with E-state index in [1.165, 1.54) is 0 Å². The van der Waals surface area contributed by atoms with E-state index in [0.717, 1.165) is 0 Å². The predicted octanol–water partition coefficient (Wildman–Crippen LogP) is 2.59. The summed E-state index contributed by atoms with van der Waals surface area (Å²) in [6, 6.07) is 0. The first-order valence-corrected chi connectivity index (χ1v) is 5.66. The molecule has 12 heteroatoms. The van der Waals surface area contributed by atoms with Gasteiger partial charge in [-0.2, -0.15) is 35.1 Å². The summed E-state index contributed by atoms with van der Waals surface area (Å²) in [7, 11) is 0. The fourth-order valence-corrected chi connectivity index (χ4v) is 1.43. The number of amides is 1. The minimum Gasteiger partial charge on any atom is -0.331 e. The molecule has 0 saturated heterocycles. The van der Waals surface area contributed by atoms with Crippen LogP contribution in [-0.2, 0) is 9.59 Å². The quantitative estimate of drug-likeness (QED) is 0.602. The third-order valence-corrected chi connectivity index (χ3v) is 2.76. The highest BCUT2D eigenvalue weighted by Crippen LogP contribution is 2.38. The average molecular weight is 380 g/mol. The second kappa shape index (κ2) is 5.45. The standard InChI is InChI=1S/C8H6BrF8NO2/c1-5(3(19)2-9,7(12,13)14)18-4(20)6(10,11)8(15,16)17/h2H2,1H3,(H,18,20). The highest BCUT2D eigenvalue weighted by molar-refractivity contribution is 9.09. The van der Waals surface area contributed by atoms with E-state index in [-0.39, 0.29) is 6.92 Å². The Balaban J connectivity index is 5.54. The number of Topliss-reactive ketones (excluding diaryl/α,β-unsaturated/α-hetero) is 1. The molecule has 0 aromatic heterocycles. The van der Waals surface area contributed by atoms with Crippen LogP contribution in [0.5, 0.6) is 0 Å². The van der Waals surface area contributed by atoms with Gasteiger partial charge in [0.25, 0.3) is 0 Å². The van der Waals surface area contributed by atoms with E-state index < -0.39 is 40.8 Å². The molecule has 1 amide bonds. The maximum atomic E-state index is 12.6. The van der Waals surface area contributed by atoms with Gasteiger partial charge in [0.05, 0.1) is 5.33 Å². The molecule has 0 spiro atoms. The maximum absolute atomic E-state index is 12.6. The van der Waals surface area contributed by atoms with Gasteiger partial charge in [0.15, 0.2) is 11.3 Å². The predicted molar refractivity (Wildman–Crippen MR) is 52.4 cm³/mol. The third kappa shape index (κ3) is 3.38. The molecule has 0 aromatic carbocycles. The molecule has 0 aromatic rings. The molecule has 0 aliphatic carbocycles. The molecule has 0 saturated carbocycles. The Morgan fingerprint density at radius 1 is 0.950 bits per heavy atom. The van der Waals surface area contributed by atoms with E-state index in [2.05, 4.69) is 15.9 Å². The van der Waals surface area contributed by atoms with Crippen molar-refractivity contribution in [1.29, 1.82) is 0 Å². The molecule has 0 radical (unpaired) electrons. The van der Waals surface area contributed by atoms with Crippen LogP contribution >= 0.6 is 15.9 Å². The van der Waals surface area contributed by atoms with Crippen LogP contribution in [-0.4, -0.2) is 40.8 Å². The molecule has 1 N–H and O–H groups in total. The number of carbonyl (C=O) groups excluding carboxylic acids is 2. The Bertz CT molecular complexity index is 404. The number of hydrogen-bond acceptors (Lipinski definition) is 2. The molecule has 1 unspecified atom stereocenters. The van der Waals surface area contributed by atoms with Gasteiger partial charge >= 0.3 is 24.2 Å². The van der Waals surface area contributed by atoms with Crippen molar-refractivity contribution in [2.24, 2.45) is 0 Å². The molecule has 0 rings (SSSR count). The summed E-state index contributed by atoms with van der Waals surface area (Å²) in [5.74, 6) is -11.2. The van der Waals surface area contributed by atoms with E-state index in [1.807, 2.05) is 0 Å². The van der Waals surface area contributed by atoms with Crippen molar-refractivity contribution >= 4 is 27.6 Å². The Morgan fingerprint density at radius 3 is 1.60 bits per heavy atom. The van der Waals surface area contributed by atoms with Gasteiger partial charge in [-0.3, -0.25) is 9.59 Å². The first-order chi connectivity index (χ1) is 8.61. The van der Waals surface area contributed by atoms with Crippen LogP contribution in [0, 0.1) is 0 Å². The first-order valence-electron chi connectivity index (χ1n) is 4.54. The van der Waals surface area contributed by atoms with E-state index in [0.29, 0.717) is 5.32 Å². The number of halogens is 9. The molecule has 0 heterocycles. The van der Waals surface area contributed by atoms with E-state index in [4.69, 9.17) is 0 Å². The molecular weight excluding hydrogens is 374 g/mol. The van der Waals surface area contributed by atoms with Gasteiger partial charge in [-0.05, 0) is 6.92 Å². The summed E-state index contributed by atoms with van der Waals surface area (Å²) >= 11 is 2.31. The fourth-order valence-electron chi connectivity index (χ4n) is 0.867. The summed E-state index contributed by atoms with van der Waals surface area (Å²) in [6.45, 7) is -0.0129. The number of ketones is 1. The topological polar surface area (TPSA) is 46.2 Å². The molecule has 0 aliphatic rings.